The molecule has 0 bridgehead atoms. The first kappa shape index (κ1) is 23.7. The highest BCUT2D eigenvalue weighted by molar-refractivity contribution is 6.08. The van der Waals surface area contributed by atoms with Crippen LogP contribution in [0, 0.1) is 0 Å². The molecule has 0 radical (unpaired) electrons. The Labute approximate surface area is 157 Å². The van der Waals surface area contributed by atoms with Gasteiger partial charge in [-0.1, -0.05) is 19.1 Å². The van der Waals surface area contributed by atoms with E-state index in [0.29, 0.717) is 22.5 Å². The molecule has 0 aliphatic carbocycles. The van der Waals surface area contributed by atoms with Crippen LogP contribution in [0.1, 0.15) is 54.9 Å². The van der Waals surface area contributed by atoms with Gasteiger partial charge >= 0.3 is 6.09 Å². The Balaban J connectivity index is 5.64. The van der Waals surface area contributed by atoms with Gasteiger partial charge in [-0.2, -0.15) is 0 Å². The lowest BCUT2D eigenvalue weighted by Gasteiger charge is -2.20. The summed E-state index contributed by atoms with van der Waals surface area (Å²) >= 11 is 0. The van der Waals surface area contributed by atoms with Crippen LogP contribution in [0.25, 0.3) is 0 Å². The molecule has 0 atom stereocenters. The van der Waals surface area contributed by atoms with E-state index in [4.69, 9.17) is 16.2 Å². The van der Waals surface area contributed by atoms with Crippen molar-refractivity contribution in [3.05, 3.63) is 46.3 Å². The third-order valence-corrected chi connectivity index (χ3v) is 3.38. The minimum absolute atomic E-state index is 0.0772. The van der Waals surface area contributed by atoms with Gasteiger partial charge in [0.2, 0.25) is 0 Å². The predicted molar refractivity (Wildman–Crippen MR) is 106 cm³/mol. The van der Waals surface area contributed by atoms with Crippen molar-refractivity contribution in [2.45, 2.75) is 60.5 Å². The number of carbonyl (C=O) groups excluding carboxylic acids is 2. The number of nitrogens with one attached hydrogen (secondary N) is 1. The van der Waals surface area contributed by atoms with Crippen molar-refractivity contribution in [3.8, 4) is 0 Å². The summed E-state index contributed by atoms with van der Waals surface area (Å²) in [5.41, 5.74) is 13.4. The van der Waals surface area contributed by atoms with E-state index in [1.165, 1.54) is 0 Å². The third-order valence-electron chi connectivity index (χ3n) is 3.38. The van der Waals surface area contributed by atoms with Crippen LogP contribution < -0.4 is 16.8 Å². The summed E-state index contributed by atoms with van der Waals surface area (Å²) in [4.78, 5) is 24.5. The Morgan fingerprint density at radius 3 is 2.08 bits per heavy atom. The van der Waals surface area contributed by atoms with E-state index in [1.54, 1.807) is 46.8 Å². The summed E-state index contributed by atoms with van der Waals surface area (Å²) in [5.74, 6) is -0.211. The molecule has 0 heterocycles. The third kappa shape index (κ3) is 8.67. The summed E-state index contributed by atoms with van der Waals surface area (Å²) in [6.45, 7) is 12.7. The molecule has 0 unspecified atom stereocenters. The predicted octanol–water partition coefficient (Wildman–Crippen LogP) is 3.46. The van der Waals surface area contributed by atoms with Crippen LogP contribution in [0.15, 0.2) is 46.3 Å². The van der Waals surface area contributed by atoms with E-state index in [-0.39, 0.29) is 12.3 Å². The van der Waals surface area contributed by atoms with Gasteiger partial charge in [0.05, 0.1) is 0 Å². The maximum absolute atomic E-state index is 12.4. The second-order valence-corrected chi connectivity index (χ2v) is 7.05. The second kappa shape index (κ2) is 10.6. The number of carbonyl (C=O) groups is 2. The quantitative estimate of drug-likeness (QED) is 0.474. The normalized spacial score (nSPS) is 14.7. The molecular formula is C20H33N3O3. The lowest BCUT2D eigenvalue weighted by Crippen LogP contribution is -2.32. The Morgan fingerprint density at radius 1 is 1.08 bits per heavy atom. The van der Waals surface area contributed by atoms with Crippen LogP contribution in [-0.4, -0.2) is 24.0 Å². The fraction of sp³-hybridized carbons (Fsp3) is 0.500. The van der Waals surface area contributed by atoms with Crippen LogP contribution in [0.4, 0.5) is 4.79 Å². The van der Waals surface area contributed by atoms with Crippen molar-refractivity contribution in [3.63, 3.8) is 0 Å². The highest BCUT2D eigenvalue weighted by Gasteiger charge is 2.17. The first-order valence-electron chi connectivity index (χ1n) is 8.68. The van der Waals surface area contributed by atoms with Gasteiger partial charge in [0, 0.05) is 23.5 Å². The average molecular weight is 364 g/mol. The number of alkyl carbamates (subject to hydrolysis) is 1. The molecule has 0 aliphatic rings. The molecule has 6 heteroatoms. The number of hydrogen-bond acceptors (Lipinski definition) is 5. The molecular weight excluding hydrogens is 330 g/mol. The Hall–Kier alpha value is -2.34. The smallest absolute Gasteiger partial charge is 0.412 e. The van der Waals surface area contributed by atoms with E-state index in [0.717, 1.165) is 12.0 Å². The lowest BCUT2D eigenvalue weighted by atomic mass is 10.0. The van der Waals surface area contributed by atoms with Crippen molar-refractivity contribution in [1.29, 1.82) is 0 Å². The highest BCUT2D eigenvalue weighted by atomic mass is 16.6. The molecule has 6 nitrogen and oxygen atoms in total. The summed E-state index contributed by atoms with van der Waals surface area (Å²) in [7, 11) is 0. The van der Waals surface area contributed by atoms with Gasteiger partial charge in [-0.05, 0) is 65.2 Å². The number of ketones is 1. The molecule has 0 rings (SSSR count). The topological polar surface area (TPSA) is 107 Å². The Kier molecular flexibility index (Phi) is 9.65. The molecule has 0 aromatic carbocycles. The highest BCUT2D eigenvalue weighted by Crippen LogP contribution is 2.13. The van der Waals surface area contributed by atoms with E-state index in [1.807, 2.05) is 19.9 Å². The zero-order chi connectivity index (χ0) is 20.5. The number of Topliss-reactive ketones (excluding diaryl/α,β-unsaturated/α-hetero) is 1. The average Bonchev–Trinajstić information content (AvgIpc) is 2.49. The van der Waals surface area contributed by atoms with E-state index in [2.05, 4.69) is 5.32 Å². The fourth-order valence-corrected chi connectivity index (χ4v) is 2.06. The lowest BCUT2D eigenvalue weighted by molar-refractivity contribution is -0.112. The van der Waals surface area contributed by atoms with Crippen molar-refractivity contribution in [2.24, 2.45) is 11.5 Å². The minimum atomic E-state index is -0.598. The molecule has 5 N–H and O–H groups in total. The van der Waals surface area contributed by atoms with Crippen LogP contribution in [0.3, 0.4) is 0 Å². The van der Waals surface area contributed by atoms with Crippen molar-refractivity contribution in [1.82, 2.24) is 5.32 Å². The standard InChI is InChI=1S/C20H33N3O3/c1-8-9-13(2)17(23-19(25)26-20(5,6)7)11-10-14(3)18(24)16(12-21)15(4)22/h9-11H,8,12,21-22H2,1-7H3,(H,23,25)/b13-9+,14-10+,16-15-,17-11+. The number of ether oxygens (including phenoxy) is 1. The molecule has 0 aromatic rings. The summed E-state index contributed by atoms with van der Waals surface area (Å²) < 4.78 is 5.29. The number of allylic oxidation sites excluding steroid dienone is 6. The van der Waals surface area contributed by atoms with E-state index >= 15 is 0 Å². The molecule has 0 aromatic heterocycles. The SMILES string of the molecule is CC/C=C(C)/C(=C\C=C(/C)C(=O)/C(CN)=C(/C)N)NC(=O)OC(C)(C)C. The van der Waals surface area contributed by atoms with E-state index < -0.39 is 11.7 Å². The first-order valence-corrected chi connectivity index (χ1v) is 8.68. The molecule has 0 aliphatic heterocycles. The maximum Gasteiger partial charge on any atom is 0.412 e. The van der Waals surface area contributed by atoms with Gasteiger partial charge in [0.25, 0.3) is 0 Å². The number of amides is 1. The van der Waals surface area contributed by atoms with Crippen LogP contribution in [-0.2, 0) is 9.53 Å². The molecule has 1 amide bonds. The number of rotatable bonds is 7. The van der Waals surface area contributed by atoms with Gasteiger partial charge < -0.3 is 16.2 Å². The molecule has 0 saturated carbocycles. The molecule has 26 heavy (non-hydrogen) atoms. The number of nitrogens with two attached hydrogens (primary N) is 2. The molecule has 0 saturated heterocycles. The zero-order valence-corrected chi connectivity index (χ0v) is 17.0. The largest absolute Gasteiger partial charge is 0.444 e. The Morgan fingerprint density at radius 2 is 1.65 bits per heavy atom. The monoisotopic (exact) mass is 363 g/mol. The van der Waals surface area contributed by atoms with Crippen molar-refractivity contribution in [2.75, 3.05) is 6.54 Å². The fourth-order valence-electron chi connectivity index (χ4n) is 2.06. The van der Waals surface area contributed by atoms with Gasteiger partial charge in [-0.3, -0.25) is 10.1 Å². The molecule has 0 fully saturated rings. The van der Waals surface area contributed by atoms with Crippen LogP contribution in [0.5, 0.6) is 0 Å². The van der Waals surface area contributed by atoms with Gasteiger partial charge in [-0.15, -0.1) is 0 Å². The van der Waals surface area contributed by atoms with Gasteiger partial charge in [0.1, 0.15) is 5.60 Å². The van der Waals surface area contributed by atoms with Gasteiger partial charge in [-0.25, -0.2) is 4.79 Å². The van der Waals surface area contributed by atoms with Gasteiger partial charge in [0.15, 0.2) is 5.78 Å². The first-order chi connectivity index (χ1) is 11.9. The minimum Gasteiger partial charge on any atom is -0.444 e. The maximum atomic E-state index is 12.4. The van der Waals surface area contributed by atoms with Crippen molar-refractivity contribution >= 4 is 11.9 Å². The zero-order valence-electron chi connectivity index (χ0n) is 17.0. The summed E-state index contributed by atoms with van der Waals surface area (Å²) in [6, 6.07) is 0. The number of hydrogen-bond donors (Lipinski definition) is 3. The second-order valence-electron chi connectivity index (χ2n) is 7.05. The van der Waals surface area contributed by atoms with Crippen molar-refractivity contribution < 1.29 is 14.3 Å². The summed E-state index contributed by atoms with van der Waals surface area (Å²) in [5, 5.41) is 2.73. The molecule has 0 spiro atoms. The van der Waals surface area contributed by atoms with E-state index in [9.17, 15) is 9.59 Å². The van der Waals surface area contributed by atoms with Crippen LogP contribution >= 0.6 is 0 Å². The van der Waals surface area contributed by atoms with Crippen LogP contribution in [0.2, 0.25) is 0 Å². The summed E-state index contributed by atoms with van der Waals surface area (Å²) in [6.07, 6.45) is 5.56. The molecule has 146 valence electrons. The Bertz CT molecular complexity index is 644.